The Morgan fingerprint density at radius 3 is 2.38 bits per heavy atom. The number of hydrogen-bond donors (Lipinski definition) is 1. The van der Waals surface area contributed by atoms with E-state index in [2.05, 4.69) is 12.6 Å². The Labute approximate surface area is 95.5 Å². The van der Waals surface area contributed by atoms with E-state index in [1.807, 2.05) is 25.1 Å². The molecule has 0 atom stereocenters. The molecule has 0 saturated heterocycles. The highest BCUT2D eigenvalue weighted by atomic mass is 16.3. The van der Waals surface area contributed by atoms with Crippen molar-refractivity contribution in [3.05, 3.63) is 66.0 Å². The van der Waals surface area contributed by atoms with Gasteiger partial charge in [-0.05, 0) is 36.3 Å². The molecular weight excluding hydrogens is 198 g/mol. The van der Waals surface area contributed by atoms with Crippen LogP contribution in [0.4, 0.5) is 0 Å². The van der Waals surface area contributed by atoms with Gasteiger partial charge >= 0.3 is 0 Å². The van der Waals surface area contributed by atoms with Crippen LogP contribution in [0, 0.1) is 11.3 Å². The van der Waals surface area contributed by atoms with E-state index in [4.69, 9.17) is 10.4 Å². The van der Waals surface area contributed by atoms with Gasteiger partial charge in [0.1, 0.15) is 5.76 Å². The van der Waals surface area contributed by atoms with Gasteiger partial charge in [-0.2, -0.15) is 5.26 Å². The number of aliphatic hydroxyl groups is 1. The molecule has 2 nitrogen and oxygen atoms in total. The summed E-state index contributed by atoms with van der Waals surface area (Å²) in [6.07, 6.45) is 5.25. The molecule has 1 N–H and O–H groups in total. The third kappa shape index (κ3) is 3.14. The van der Waals surface area contributed by atoms with Gasteiger partial charge in [-0.1, -0.05) is 30.9 Å². The molecule has 2 heteroatoms. The molecule has 1 rings (SSSR count). The van der Waals surface area contributed by atoms with Crippen molar-refractivity contribution in [2.45, 2.75) is 6.92 Å². The van der Waals surface area contributed by atoms with Crippen molar-refractivity contribution in [2.75, 3.05) is 0 Å². The van der Waals surface area contributed by atoms with Crippen LogP contribution >= 0.6 is 0 Å². The standard InChI is InChI=1S/C14H13NO/c1-3-13(7-4-11(2)16)14-8-5-12(10-15)6-9-14/h3-9,16H,2H2,1H3/b7-4-,13-3+. The Hall–Kier alpha value is -2.27. The summed E-state index contributed by atoms with van der Waals surface area (Å²) >= 11 is 0. The van der Waals surface area contributed by atoms with Gasteiger partial charge in [-0.15, -0.1) is 0 Å². The zero-order valence-electron chi connectivity index (χ0n) is 9.14. The predicted octanol–water partition coefficient (Wildman–Crippen LogP) is 3.59. The maximum atomic E-state index is 8.97. The molecule has 16 heavy (non-hydrogen) atoms. The summed E-state index contributed by atoms with van der Waals surface area (Å²) in [4.78, 5) is 0. The molecule has 0 aliphatic heterocycles. The summed E-state index contributed by atoms with van der Waals surface area (Å²) in [7, 11) is 0. The first-order valence-corrected chi connectivity index (χ1v) is 4.90. The maximum Gasteiger partial charge on any atom is 0.108 e. The lowest BCUT2D eigenvalue weighted by Crippen LogP contribution is -1.82. The van der Waals surface area contributed by atoms with Crippen LogP contribution in [0.3, 0.4) is 0 Å². The molecule has 1 aromatic rings. The normalized spacial score (nSPS) is 11.4. The van der Waals surface area contributed by atoms with Gasteiger partial charge in [0.05, 0.1) is 11.6 Å². The minimum Gasteiger partial charge on any atom is -0.509 e. The van der Waals surface area contributed by atoms with E-state index in [9.17, 15) is 0 Å². The van der Waals surface area contributed by atoms with Crippen LogP contribution in [0.15, 0.2) is 54.8 Å². The average Bonchev–Trinajstić information content (AvgIpc) is 2.30. The Balaban J connectivity index is 2.98. The molecule has 0 heterocycles. The summed E-state index contributed by atoms with van der Waals surface area (Å²) in [5.41, 5.74) is 2.61. The molecule has 0 unspecified atom stereocenters. The second-order valence-electron chi connectivity index (χ2n) is 3.26. The molecule has 0 radical (unpaired) electrons. The van der Waals surface area contributed by atoms with E-state index in [-0.39, 0.29) is 5.76 Å². The first-order valence-electron chi connectivity index (χ1n) is 4.90. The van der Waals surface area contributed by atoms with Crippen LogP contribution in [0.25, 0.3) is 5.57 Å². The quantitative estimate of drug-likeness (QED) is 0.613. The monoisotopic (exact) mass is 211 g/mol. The van der Waals surface area contributed by atoms with Crippen molar-refractivity contribution in [3.63, 3.8) is 0 Å². The molecule has 0 amide bonds. The SMILES string of the molecule is C=C(O)/C=C\C(=C/C)c1ccc(C#N)cc1. The highest BCUT2D eigenvalue weighted by molar-refractivity contribution is 5.74. The fourth-order valence-corrected chi connectivity index (χ4v) is 1.28. The highest BCUT2D eigenvalue weighted by Crippen LogP contribution is 2.16. The van der Waals surface area contributed by atoms with Crippen LogP contribution in [0.1, 0.15) is 18.1 Å². The third-order valence-electron chi connectivity index (χ3n) is 2.11. The molecule has 0 bridgehead atoms. The largest absolute Gasteiger partial charge is 0.509 e. The smallest absolute Gasteiger partial charge is 0.108 e. The van der Waals surface area contributed by atoms with Crippen LogP contribution in [0.2, 0.25) is 0 Å². The Morgan fingerprint density at radius 2 is 1.94 bits per heavy atom. The lowest BCUT2D eigenvalue weighted by molar-refractivity contribution is 0.435. The Kier molecular flexibility index (Phi) is 4.11. The number of aliphatic hydroxyl groups excluding tert-OH is 1. The Bertz CT molecular complexity index is 472. The van der Waals surface area contributed by atoms with Gasteiger partial charge in [0.15, 0.2) is 0 Å². The Morgan fingerprint density at radius 1 is 1.31 bits per heavy atom. The van der Waals surface area contributed by atoms with Crippen LogP contribution in [-0.4, -0.2) is 5.11 Å². The van der Waals surface area contributed by atoms with E-state index >= 15 is 0 Å². The molecule has 0 aliphatic carbocycles. The van der Waals surface area contributed by atoms with Crippen molar-refractivity contribution in [1.29, 1.82) is 5.26 Å². The van der Waals surface area contributed by atoms with Gasteiger partial charge in [-0.25, -0.2) is 0 Å². The molecule has 1 aromatic carbocycles. The summed E-state index contributed by atoms with van der Waals surface area (Å²) in [5.74, 6) is 0.0213. The third-order valence-corrected chi connectivity index (χ3v) is 2.11. The number of rotatable bonds is 3. The lowest BCUT2D eigenvalue weighted by Gasteiger charge is -2.01. The summed E-state index contributed by atoms with van der Waals surface area (Å²) in [6.45, 7) is 5.30. The maximum absolute atomic E-state index is 8.97. The summed E-state index contributed by atoms with van der Waals surface area (Å²) < 4.78 is 0. The van der Waals surface area contributed by atoms with Gasteiger partial charge in [0.2, 0.25) is 0 Å². The second kappa shape index (κ2) is 5.57. The van der Waals surface area contributed by atoms with Crippen LogP contribution < -0.4 is 0 Å². The molecule has 0 fully saturated rings. The number of hydrogen-bond acceptors (Lipinski definition) is 2. The zero-order chi connectivity index (χ0) is 12.0. The van der Waals surface area contributed by atoms with E-state index < -0.39 is 0 Å². The van der Waals surface area contributed by atoms with Crippen molar-refractivity contribution in [1.82, 2.24) is 0 Å². The first-order chi connectivity index (χ1) is 7.67. The number of nitrogens with zero attached hydrogens (tertiary/aromatic N) is 1. The van der Waals surface area contributed by atoms with Gasteiger partial charge in [-0.3, -0.25) is 0 Å². The van der Waals surface area contributed by atoms with Gasteiger partial charge < -0.3 is 5.11 Å². The molecule has 0 spiro atoms. The predicted molar refractivity (Wildman–Crippen MR) is 65.7 cm³/mol. The molecule has 80 valence electrons. The van der Waals surface area contributed by atoms with Crippen molar-refractivity contribution < 1.29 is 5.11 Å². The van der Waals surface area contributed by atoms with Crippen molar-refractivity contribution in [3.8, 4) is 6.07 Å². The molecule has 0 aromatic heterocycles. The van der Waals surface area contributed by atoms with E-state index in [1.54, 1.807) is 18.2 Å². The molecule has 0 aliphatic rings. The zero-order valence-corrected chi connectivity index (χ0v) is 9.14. The number of allylic oxidation sites excluding steroid dienone is 4. The van der Waals surface area contributed by atoms with E-state index in [0.717, 1.165) is 11.1 Å². The average molecular weight is 211 g/mol. The van der Waals surface area contributed by atoms with E-state index in [0.29, 0.717) is 5.56 Å². The second-order valence-corrected chi connectivity index (χ2v) is 3.26. The van der Waals surface area contributed by atoms with Gasteiger partial charge in [0.25, 0.3) is 0 Å². The minimum absolute atomic E-state index is 0.0213. The minimum atomic E-state index is 0.0213. The summed E-state index contributed by atoms with van der Waals surface area (Å²) in [5, 5.41) is 17.7. The topological polar surface area (TPSA) is 44.0 Å². The van der Waals surface area contributed by atoms with Crippen molar-refractivity contribution in [2.24, 2.45) is 0 Å². The number of benzene rings is 1. The first kappa shape index (κ1) is 11.8. The van der Waals surface area contributed by atoms with Crippen LogP contribution in [0.5, 0.6) is 0 Å². The fraction of sp³-hybridized carbons (Fsp3) is 0.0714. The summed E-state index contributed by atoms with van der Waals surface area (Å²) in [6, 6.07) is 9.35. The van der Waals surface area contributed by atoms with E-state index in [1.165, 1.54) is 6.08 Å². The lowest BCUT2D eigenvalue weighted by atomic mass is 10.0. The highest BCUT2D eigenvalue weighted by Gasteiger charge is 1.97. The van der Waals surface area contributed by atoms with Crippen LogP contribution in [-0.2, 0) is 0 Å². The fourth-order valence-electron chi connectivity index (χ4n) is 1.28. The molecular formula is C14H13NO. The number of nitriles is 1. The van der Waals surface area contributed by atoms with Gasteiger partial charge in [0, 0.05) is 0 Å². The van der Waals surface area contributed by atoms with Crippen molar-refractivity contribution >= 4 is 5.57 Å². The molecule has 0 saturated carbocycles.